The number of alkyl halides is 1. The van der Waals surface area contributed by atoms with E-state index in [2.05, 4.69) is 86.0 Å². The van der Waals surface area contributed by atoms with Gasteiger partial charge in [-0.1, -0.05) is 39.8 Å². The van der Waals surface area contributed by atoms with E-state index >= 15 is 0 Å². The number of thiazole rings is 2. The molecule has 0 radical (unpaired) electrons. The summed E-state index contributed by atoms with van der Waals surface area (Å²) in [4.78, 5) is 71.9. The number of piperidine rings is 2. The molecule has 426 valence electrons. The van der Waals surface area contributed by atoms with Gasteiger partial charge in [0.1, 0.15) is 11.6 Å². The summed E-state index contributed by atoms with van der Waals surface area (Å²) in [5.74, 6) is -1.87. The number of nitrogens with zero attached hydrogens (tertiary/aromatic N) is 7. The summed E-state index contributed by atoms with van der Waals surface area (Å²) in [5, 5.41) is 19.4. The number of nitrogens with one attached hydrogen (secondary N) is 3. The number of hydrogen-bond acceptors (Lipinski definition) is 17. The molecule has 19 nitrogen and oxygen atoms in total. The van der Waals surface area contributed by atoms with Gasteiger partial charge in [0.25, 0.3) is 0 Å². The van der Waals surface area contributed by atoms with Crippen LogP contribution in [0.4, 0.5) is 27.4 Å². The lowest BCUT2D eigenvalue weighted by atomic mass is 9.89. The van der Waals surface area contributed by atoms with Gasteiger partial charge in [-0.2, -0.15) is 0 Å². The van der Waals surface area contributed by atoms with Gasteiger partial charge in [0.2, 0.25) is 0 Å². The monoisotopic (exact) mass is 1130 g/mol. The lowest BCUT2D eigenvalue weighted by Gasteiger charge is -2.38. The summed E-state index contributed by atoms with van der Waals surface area (Å²) in [7, 11) is -1.00. The van der Waals surface area contributed by atoms with Crippen LogP contribution in [0.1, 0.15) is 99.1 Å². The molecule has 0 aliphatic carbocycles. The van der Waals surface area contributed by atoms with Crippen LogP contribution in [0.2, 0.25) is 0 Å². The Morgan fingerprint density at radius 2 is 1.23 bits per heavy atom. The zero-order valence-corrected chi connectivity index (χ0v) is 47.4. The van der Waals surface area contributed by atoms with Crippen LogP contribution in [0.25, 0.3) is 20.4 Å². The van der Waals surface area contributed by atoms with E-state index in [0.29, 0.717) is 54.4 Å². The van der Waals surface area contributed by atoms with Gasteiger partial charge in [0.05, 0.1) is 95.2 Å². The molecule has 10 rings (SSSR count). The molecule has 8 N–H and O–H groups in total. The molecule has 4 saturated heterocycles. The van der Waals surface area contributed by atoms with Crippen molar-refractivity contribution >= 4 is 89.8 Å². The maximum absolute atomic E-state index is 13.4. The van der Waals surface area contributed by atoms with Crippen LogP contribution in [-0.2, 0) is 54.3 Å². The maximum Gasteiger partial charge on any atom is 0.394 e. The average Bonchev–Trinajstić information content (AvgIpc) is 4.14. The normalized spacial score (nSPS) is 19.9. The van der Waals surface area contributed by atoms with E-state index in [4.69, 9.17) is 37.4 Å². The Morgan fingerprint density at radius 1 is 0.734 bits per heavy atom. The fourth-order valence-electron chi connectivity index (χ4n) is 10.0. The van der Waals surface area contributed by atoms with Crippen LogP contribution in [0.5, 0.6) is 0 Å². The first kappa shape index (κ1) is 58.9. The van der Waals surface area contributed by atoms with E-state index in [1.54, 1.807) is 28.4 Å². The molecule has 2 aromatic carbocycles. The number of carboxylic acids is 1. The highest BCUT2D eigenvalue weighted by molar-refractivity contribution is 7.18. The number of benzene rings is 2. The van der Waals surface area contributed by atoms with Crippen LogP contribution >= 0.6 is 22.7 Å². The second-order valence-corrected chi connectivity index (χ2v) is 22.6. The number of ether oxygens (including phenoxy) is 2. The number of likely N-dealkylation sites (tertiary alicyclic amines) is 1. The Bertz CT molecular complexity index is 3000. The Morgan fingerprint density at radius 3 is 1.72 bits per heavy atom. The number of anilines is 4. The summed E-state index contributed by atoms with van der Waals surface area (Å²) in [6.45, 7) is 19.4. The topological polar surface area (TPSA) is 256 Å². The van der Waals surface area contributed by atoms with Crippen molar-refractivity contribution in [2.75, 3.05) is 108 Å². The maximum atomic E-state index is 13.4. The second-order valence-electron chi connectivity index (χ2n) is 20.3. The number of hydrogen-bond donors (Lipinski definition) is 6. The summed E-state index contributed by atoms with van der Waals surface area (Å²) < 4.78 is 28.8. The number of carbonyl (C=O) groups is 4. The molecule has 0 unspecified atom stereocenters. The highest BCUT2D eigenvalue weighted by atomic mass is 32.1. The molecule has 8 heterocycles. The lowest BCUT2D eigenvalue weighted by Crippen LogP contribution is -2.46. The van der Waals surface area contributed by atoms with Gasteiger partial charge in [-0.15, -0.1) is 22.7 Å². The van der Waals surface area contributed by atoms with Crippen LogP contribution in [0.15, 0.2) is 60.9 Å². The van der Waals surface area contributed by atoms with Crippen LogP contribution in [0, 0.1) is 11.8 Å². The predicted molar refractivity (Wildman–Crippen MR) is 311 cm³/mol. The van der Waals surface area contributed by atoms with Crippen molar-refractivity contribution in [3.63, 3.8) is 0 Å². The number of fused-ring (bicyclic) bond motifs is 2. The number of aryl methyl sites for hydroxylation is 2. The minimum absolute atomic E-state index is 0.164. The molecule has 3 amide bonds. The molecule has 0 spiro atoms. The number of morpholine rings is 2. The van der Waals surface area contributed by atoms with Gasteiger partial charge in [-0.3, -0.25) is 28.6 Å². The Balaban J connectivity index is 0.000000187. The second kappa shape index (κ2) is 29.8. The molecular formula is C57H77FN12O7S2. The summed E-state index contributed by atoms with van der Waals surface area (Å²) in [6.07, 6.45) is 10.5. The van der Waals surface area contributed by atoms with Crippen molar-refractivity contribution in [3.05, 3.63) is 93.2 Å². The van der Waals surface area contributed by atoms with E-state index in [1.807, 2.05) is 25.2 Å². The number of nitrogen functional groups attached to an aromatic ring is 2. The first-order valence-corrected chi connectivity index (χ1v) is 28.9. The number of aliphatic carboxylic acids is 1. The van der Waals surface area contributed by atoms with E-state index in [0.717, 1.165) is 136 Å². The number of halogens is 1. The third kappa shape index (κ3) is 17.1. The molecule has 0 bridgehead atoms. The predicted octanol–water partition coefficient (Wildman–Crippen LogP) is 7.72. The summed E-state index contributed by atoms with van der Waals surface area (Å²) in [5.41, 5.74) is 18.4. The van der Waals surface area contributed by atoms with Crippen molar-refractivity contribution < 1.29 is 39.5 Å². The number of carboxylic acid groups (broad SMARTS) is 1. The quantitative estimate of drug-likeness (QED) is 0.0641. The first-order chi connectivity index (χ1) is 38.6. The van der Waals surface area contributed by atoms with Gasteiger partial charge in [0, 0.05) is 64.7 Å². The molecule has 4 fully saturated rings. The number of carbonyl (C=O) groups excluding carboxylic acids is 3. The van der Waals surface area contributed by atoms with Gasteiger partial charge in [-0.25, -0.2) is 24.7 Å². The molecule has 79 heavy (non-hydrogen) atoms. The van der Waals surface area contributed by atoms with Gasteiger partial charge in [0.15, 0.2) is 0 Å². The SMILES string of the molecule is CCc1cc(NC(=O)C(=O)N2C[C@@H](C)CC[C@@H]2c2ccc3sc(CCN4CCOCC4)nc3c2)cnc1N.CCc1cc(NC(=O)C(=O)O)cnc1N.C[C@H]1CC[C@H](c2ccc3sc(CCN4CCOCC4)nc3c2)NC1.[2H]CF. The zero-order chi connectivity index (χ0) is 57.1. The van der Waals surface area contributed by atoms with Crippen molar-refractivity contribution in [3.8, 4) is 0 Å². The molecule has 0 saturated carbocycles. The number of rotatable bonds is 12. The molecule has 4 aliphatic rings. The molecule has 22 heteroatoms. The molecule has 4 aromatic heterocycles. The van der Waals surface area contributed by atoms with Crippen molar-refractivity contribution in [2.24, 2.45) is 11.8 Å². The highest BCUT2D eigenvalue weighted by Gasteiger charge is 2.35. The van der Waals surface area contributed by atoms with Gasteiger partial charge >= 0.3 is 23.7 Å². The summed E-state index contributed by atoms with van der Waals surface area (Å²) >= 11 is 3.58. The molecule has 6 aromatic rings. The third-order valence-electron chi connectivity index (χ3n) is 14.6. The van der Waals surface area contributed by atoms with Crippen LogP contribution in [-0.4, -0.2) is 149 Å². The Labute approximate surface area is 471 Å². The first-order valence-electron chi connectivity index (χ1n) is 28.0. The van der Waals surface area contributed by atoms with Crippen molar-refractivity contribution in [1.82, 2.24) is 40.0 Å². The average molecular weight is 1130 g/mol. The third-order valence-corrected chi connectivity index (χ3v) is 16.8. The minimum Gasteiger partial charge on any atom is -0.474 e. The van der Waals surface area contributed by atoms with E-state index < -0.39 is 30.8 Å². The Hall–Kier alpha value is -6.27. The van der Waals surface area contributed by atoms with Crippen molar-refractivity contribution in [1.29, 1.82) is 0 Å². The fraction of sp³-hybridized carbons (Fsp3) is 0.509. The van der Waals surface area contributed by atoms with E-state index in [-0.39, 0.29) is 6.04 Å². The standard InChI is InChI=1S/C28H36N6O3S.C19H27N3OS.C9H11N3O3.CH3F/c1-3-19-14-21(16-30-26(19)29)31-27(35)28(36)34-17-18(2)4-6-23(34)20-5-7-24-22(15-20)32-25(38-24)8-9-33-10-12-37-13-11-33;1-14-2-4-16(20-13-14)15-3-5-18-17(12-15)21-19(24-18)6-7-22-8-10-23-11-9-22;1-2-5-3-6(4-11-7(5)10)12-8(13)9(14)15;1-2/h5,7,14-16,18,23H,3-4,6,8-13,17H2,1-2H3,(H2,29,30)(H,31,35);3,5,12,14,16,20H,2,4,6-11,13H2,1H3;3-4H,2H2,1H3,(H2,10,11)(H,12,13)(H,14,15);1H3/t18-,23+;14-,16+;;/m00../s1/i;;;1D. The largest absolute Gasteiger partial charge is 0.474 e. The van der Waals surface area contributed by atoms with E-state index in [9.17, 15) is 23.6 Å². The van der Waals surface area contributed by atoms with Crippen LogP contribution in [0.3, 0.4) is 0 Å². The lowest BCUT2D eigenvalue weighted by molar-refractivity contribution is -0.147. The Kier molecular flexibility index (Phi) is 22.2. The zero-order valence-electron chi connectivity index (χ0n) is 46.8. The minimum atomic E-state index is -1.54. The number of amides is 3. The molecule has 4 aliphatic heterocycles. The molecule has 4 atom stereocenters. The van der Waals surface area contributed by atoms with E-state index in [1.165, 1.54) is 46.0 Å². The van der Waals surface area contributed by atoms with Crippen molar-refractivity contribution in [2.45, 2.75) is 91.1 Å². The number of pyridine rings is 2. The number of nitrogens with two attached hydrogens (primary N) is 2. The highest BCUT2D eigenvalue weighted by Crippen LogP contribution is 2.36. The fourth-order valence-corrected chi connectivity index (χ4v) is 11.9. The van der Waals surface area contributed by atoms with Gasteiger partial charge in [-0.05, 0) is 116 Å². The van der Waals surface area contributed by atoms with Crippen LogP contribution < -0.4 is 27.4 Å². The smallest absolute Gasteiger partial charge is 0.394 e. The molecular weight excluding hydrogens is 1050 g/mol. The summed E-state index contributed by atoms with van der Waals surface area (Å²) in [6, 6.07) is 16.9. The number of aromatic nitrogens is 4. The van der Waals surface area contributed by atoms with Gasteiger partial charge < -0.3 is 46.9 Å².